The third kappa shape index (κ3) is 4.10. The van der Waals surface area contributed by atoms with E-state index in [0.717, 1.165) is 22.3 Å². The second-order valence-corrected chi connectivity index (χ2v) is 7.88. The van der Waals surface area contributed by atoms with E-state index in [1.807, 2.05) is 49.4 Å². The van der Waals surface area contributed by atoms with Gasteiger partial charge in [-0.1, -0.05) is 82.3 Å². The number of rotatable bonds is 3. The first-order valence-electron chi connectivity index (χ1n) is 7.53. The van der Waals surface area contributed by atoms with Crippen LogP contribution in [-0.4, -0.2) is 0 Å². The summed E-state index contributed by atoms with van der Waals surface area (Å²) < 4.78 is 0. The standard InChI is InChI=1S/C20H13Cl5/c1-11-2-5-14(17(23)8-11)20(15-6-3-12(21)9-18(15)24)16-7-4-13(22)10-19(16)25/h2-10,20H,1H3. The maximum Gasteiger partial charge on any atom is 0.0462 e. The van der Waals surface area contributed by atoms with Gasteiger partial charge in [0.25, 0.3) is 0 Å². The Kier molecular flexibility index (Phi) is 5.88. The SMILES string of the molecule is Cc1ccc(C(c2ccc(Cl)cc2Cl)c2ccc(Cl)cc2Cl)c(Cl)c1. The molecule has 0 unspecified atom stereocenters. The molecule has 0 nitrogen and oxygen atoms in total. The Labute approximate surface area is 172 Å². The van der Waals surface area contributed by atoms with E-state index in [4.69, 9.17) is 58.0 Å². The zero-order valence-corrected chi connectivity index (χ0v) is 16.9. The molecule has 0 bridgehead atoms. The predicted molar refractivity (Wildman–Crippen MR) is 110 cm³/mol. The lowest BCUT2D eigenvalue weighted by molar-refractivity contribution is 0.977. The average molecular weight is 431 g/mol. The van der Waals surface area contributed by atoms with Crippen molar-refractivity contribution in [2.45, 2.75) is 12.8 Å². The molecule has 3 aromatic carbocycles. The van der Waals surface area contributed by atoms with E-state index in [1.165, 1.54) is 0 Å². The first-order valence-corrected chi connectivity index (χ1v) is 9.41. The zero-order valence-electron chi connectivity index (χ0n) is 13.2. The van der Waals surface area contributed by atoms with Crippen LogP contribution in [0.25, 0.3) is 0 Å². The van der Waals surface area contributed by atoms with E-state index in [-0.39, 0.29) is 5.92 Å². The van der Waals surface area contributed by atoms with Crippen LogP contribution in [0, 0.1) is 6.92 Å². The molecule has 0 heterocycles. The average Bonchev–Trinajstić information content (AvgIpc) is 2.52. The number of aryl methyl sites for hydroxylation is 1. The third-order valence-corrected chi connectivity index (χ3v) is 5.47. The fourth-order valence-electron chi connectivity index (χ4n) is 2.84. The quantitative estimate of drug-likeness (QED) is 0.366. The molecular weight excluding hydrogens is 417 g/mol. The fourth-order valence-corrected chi connectivity index (χ4v) is 4.22. The molecule has 5 heteroatoms. The van der Waals surface area contributed by atoms with E-state index in [1.54, 1.807) is 12.1 Å². The number of benzene rings is 3. The van der Waals surface area contributed by atoms with Crippen molar-refractivity contribution >= 4 is 58.0 Å². The molecular formula is C20H13Cl5. The van der Waals surface area contributed by atoms with Crippen LogP contribution in [0.1, 0.15) is 28.2 Å². The van der Waals surface area contributed by atoms with Gasteiger partial charge in [0, 0.05) is 31.0 Å². The van der Waals surface area contributed by atoms with Gasteiger partial charge in [-0.25, -0.2) is 0 Å². The first kappa shape index (κ1) is 18.9. The summed E-state index contributed by atoms with van der Waals surface area (Å²) in [6.07, 6.45) is 0. The molecule has 0 fully saturated rings. The first-order chi connectivity index (χ1) is 11.9. The van der Waals surface area contributed by atoms with Gasteiger partial charge in [-0.2, -0.15) is 0 Å². The highest BCUT2D eigenvalue weighted by Crippen LogP contribution is 2.42. The highest BCUT2D eigenvalue weighted by molar-refractivity contribution is 6.36. The Morgan fingerprint density at radius 2 is 0.960 bits per heavy atom. The summed E-state index contributed by atoms with van der Waals surface area (Å²) in [4.78, 5) is 0. The van der Waals surface area contributed by atoms with Crippen LogP contribution in [0.5, 0.6) is 0 Å². The predicted octanol–water partition coefficient (Wildman–Crippen LogP) is 8.44. The summed E-state index contributed by atoms with van der Waals surface area (Å²) in [5.74, 6) is -0.234. The summed E-state index contributed by atoms with van der Waals surface area (Å²) in [5.41, 5.74) is 3.75. The van der Waals surface area contributed by atoms with Crippen molar-refractivity contribution in [3.63, 3.8) is 0 Å². The molecule has 3 aromatic rings. The van der Waals surface area contributed by atoms with Crippen molar-refractivity contribution in [2.24, 2.45) is 0 Å². The summed E-state index contributed by atoms with van der Waals surface area (Å²) in [5, 5.41) is 2.91. The molecule has 0 atom stereocenters. The van der Waals surface area contributed by atoms with Gasteiger partial charge in [0.15, 0.2) is 0 Å². The highest BCUT2D eigenvalue weighted by Gasteiger charge is 2.24. The Hall–Kier alpha value is -0.890. The summed E-state index contributed by atoms with van der Waals surface area (Å²) in [6, 6.07) is 16.8. The molecule has 0 radical (unpaired) electrons. The lowest BCUT2D eigenvalue weighted by Crippen LogP contribution is -2.06. The second-order valence-electron chi connectivity index (χ2n) is 5.79. The van der Waals surface area contributed by atoms with Gasteiger partial charge in [-0.05, 0) is 59.5 Å². The van der Waals surface area contributed by atoms with E-state index >= 15 is 0 Å². The summed E-state index contributed by atoms with van der Waals surface area (Å²) >= 11 is 31.7. The number of hydrogen-bond acceptors (Lipinski definition) is 0. The molecule has 0 aliphatic heterocycles. The van der Waals surface area contributed by atoms with Crippen molar-refractivity contribution in [3.05, 3.63) is 102 Å². The van der Waals surface area contributed by atoms with Crippen molar-refractivity contribution < 1.29 is 0 Å². The van der Waals surface area contributed by atoms with Crippen molar-refractivity contribution in [3.8, 4) is 0 Å². The minimum Gasteiger partial charge on any atom is -0.0843 e. The highest BCUT2D eigenvalue weighted by atomic mass is 35.5. The lowest BCUT2D eigenvalue weighted by Gasteiger charge is -2.23. The molecule has 0 aliphatic rings. The van der Waals surface area contributed by atoms with Gasteiger partial charge in [0.1, 0.15) is 0 Å². The van der Waals surface area contributed by atoms with E-state index in [0.29, 0.717) is 25.1 Å². The van der Waals surface area contributed by atoms with Crippen molar-refractivity contribution in [2.75, 3.05) is 0 Å². The summed E-state index contributed by atoms with van der Waals surface area (Å²) in [6.45, 7) is 2.00. The van der Waals surface area contributed by atoms with Gasteiger partial charge >= 0.3 is 0 Å². The third-order valence-electron chi connectivity index (χ3n) is 4.01. The van der Waals surface area contributed by atoms with Crippen LogP contribution >= 0.6 is 58.0 Å². The minimum absolute atomic E-state index is 0.234. The van der Waals surface area contributed by atoms with Gasteiger partial charge in [0.05, 0.1) is 0 Å². The van der Waals surface area contributed by atoms with Crippen LogP contribution in [0.3, 0.4) is 0 Å². The molecule has 0 amide bonds. The van der Waals surface area contributed by atoms with E-state index in [2.05, 4.69) is 0 Å². The molecule has 0 saturated carbocycles. The molecule has 0 spiro atoms. The maximum absolute atomic E-state index is 6.55. The van der Waals surface area contributed by atoms with Crippen molar-refractivity contribution in [1.29, 1.82) is 0 Å². The topological polar surface area (TPSA) is 0 Å². The normalized spacial score (nSPS) is 11.2. The van der Waals surface area contributed by atoms with Gasteiger partial charge < -0.3 is 0 Å². The van der Waals surface area contributed by atoms with Gasteiger partial charge in [-0.15, -0.1) is 0 Å². The Morgan fingerprint density at radius 1 is 0.560 bits per heavy atom. The van der Waals surface area contributed by atoms with Gasteiger partial charge in [-0.3, -0.25) is 0 Å². The summed E-state index contributed by atoms with van der Waals surface area (Å²) in [7, 11) is 0. The molecule has 3 rings (SSSR count). The molecule has 0 aromatic heterocycles. The Bertz CT molecular complexity index is 811. The van der Waals surface area contributed by atoms with Crippen LogP contribution in [-0.2, 0) is 0 Å². The van der Waals surface area contributed by atoms with Crippen molar-refractivity contribution in [1.82, 2.24) is 0 Å². The molecule has 128 valence electrons. The molecule has 25 heavy (non-hydrogen) atoms. The maximum atomic E-state index is 6.55. The smallest absolute Gasteiger partial charge is 0.0462 e. The van der Waals surface area contributed by atoms with Crippen LogP contribution in [0.2, 0.25) is 25.1 Å². The Balaban J connectivity index is 2.27. The second kappa shape index (κ2) is 7.78. The zero-order chi connectivity index (χ0) is 18.1. The molecule has 0 aliphatic carbocycles. The molecule has 0 N–H and O–H groups in total. The van der Waals surface area contributed by atoms with Gasteiger partial charge in [0.2, 0.25) is 0 Å². The minimum atomic E-state index is -0.234. The van der Waals surface area contributed by atoms with Crippen LogP contribution < -0.4 is 0 Å². The Morgan fingerprint density at radius 3 is 1.36 bits per heavy atom. The van der Waals surface area contributed by atoms with Crippen LogP contribution in [0.15, 0.2) is 54.6 Å². The van der Waals surface area contributed by atoms with E-state index < -0.39 is 0 Å². The monoisotopic (exact) mass is 428 g/mol. The fraction of sp³-hybridized carbons (Fsp3) is 0.100. The van der Waals surface area contributed by atoms with Crippen LogP contribution in [0.4, 0.5) is 0 Å². The molecule has 0 saturated heterocycles. The van der Waals surface area contributed by atoms with E-state index in [9.17, 15) is 0 Å². The largest absolute Gasteiger partial charge is 0.0843 e. The lowest BCUT2D eigenvalue weighted by atomic mass is 9.84. The number of halogens is 5. The number of hydrogen-bond donors (Lipinski definition) is 0.